The predicted molar refractivity (Wildman–Crippen MR) is 70.1 cm³/mol. The molecule has 0 bridgehead atoms. The van der Waals surface area contributed by atoms with Gasteiger partial charge in [-0.1, -0.05) is 6.92 Å². The Balaban J connectivity index is 2.03. The highest BCUT2D eigenvalue weighted by Crippen LogP contribution is 2.22. The molecule has 1 heterocycles. The molecule has 0 aliphatic carbocycles. The van der Waals surface area contributed by atoms with Gasteiger partial charge in [0.15, 0.2) is 0 Å². The van der Waals surface area contributed by atoms with E-state index in [0.29, 0.717) is 19.1 Å². The standard InChI is InChI=1S/C13H28N2O2/c1-12-4-6-15(11-13(12)10-14)5-3-7-17-9-8-16-2/h12-13H,3-11,14H2,1-2H3. The van der Waals surface area contributed by atoms with Gasteiger partial charge in [-0.05, 0) is 37.8 Å². The Morgan fingerprint density at radius 1 is 1.29 bits per heavy atom. The van der Waals surface area contributed by atoms with Crippen LogP contribution in [-0.2, 0) is 9.47 Å². The third kappa shape index (κ3) is 5.82. The van der Waals surface area contributed by atoms with Crippen molar-refractivity contribution < 1.29 is 9.47 Å². The van der Waals surface area contributed by atoms with Crippen LogP contribution >= 0.6 is 0 Å². The summed E-state index contributed by atoms with van der Waals surface area (Å²) in [6.45, 7) is 8.89. The molecule has 0 aromatic carbocycles. The van der Waals surface area contributed by atoms with Gasteiger partial charge in [0.25, 0.3) is 0 Å². The molecule has 2 unspecified atom stereocenters. The molecule has 4 nitrogen and oxygen atoms in total. The van der Waals surface area contributed by atoms with Crippen molar-refractivity contribution in [3.63, 3.8) is 0 Å². The van der Waals surface area contributed by atoms with E-state index in [4.69, 9.17) is 15.2 Å². The second-order valence-corrected chi connectivity index (χ2v) is 5.02. The summed E-state index contributed by atoms with van der Waals surface area (Å²) < 4.78 is 10.4. The van der Waals surface area contributed by atoms with Crippen molar-refractivity contribution in [1.82, 2.24) is 4.90 Å². The lowest BCUT2D eigenvalue weighted by atomic mass is 9.87. The molecule has 0 amide bonds. The van der Waals surface area contributed by atoms with E-state index >= 15 is 0 Å². The van der Waals surface area contributed by atoms with Crippen LogP contribution in [0.4, 0.5) is 0 Å². The van der Waals surface area contributed by atoms with Crippen LogP contribution in [0.25, 0.3) is 0 Å². The summed E-state index contributed by atoms with van der Waals surface area (Å²) in [5.41, 5.74) is 5.80. The average Bonchev–Trinajstić information content (AvgIpc) is 2.35. The summed E-state index contributed by atoms with van der Waals surface area (Å²) in [4.78, 5) is 2.53. The van der Waals surface area contributed by atoms with Gasteiger partial charge >= 0.3 is 0 Å². The third-order valence-electron chi connectivity index (χ3n) is 3.70. The lowest BCUT2D eigenvalue weighted by Crippen LogP contribution is -2.43. The molecule has 2 N–H and O–H groups in total. The lowest BCUT2D eigenvalue weighted by Gasteiger charge is -2.36. The zero-order valence-electron chi connectivity index (χ0n) is 11.4. The van der Waals surface area contributed by atoms with Crippen LogP contribution in [0.3, 0.4) is 0 Å². The number of hydrogen-bond donors (Lipinski definition) is 1. The fourth-order valence-corrected chi connectivity index (χ4v) is 2.37. The molecule has 1 aliphatic heterocycles. The van der Waals surface area contributed by atoms with Gasteiger partial charge in [-0.2, -0.15) is 0 Å². The first-order chi connectivity index (χ1) is 8.27. The van der Waals surface area contributed by atoms with Crippen molar-refractivity contribution in [2.45, 2.75) is 19.8 Å². The van der Waals surface area contributed by atoms with Gasteiger partial charge in [0.2, 0.25) is 0 Å². The molecule has 102 valence electrons. The molecule has 1 aliphatic rings. The van der Waals surface area contributed by atoms with E-state index in [2.05, 4.69) is 11.8 Å². The number of rotatable bonds is 8. The first-order valence-electron chi connectivity index (χ1n) is 6.77. The molecular weight excluding hydrogens is 216 g/mol. The number of piperidine rings is 1. The Kier molecular flexibility index (Phi) is 7.77. The van der Waals surface area contributed by atoms with E-state index < -0.39 is 0 Å². The van der Waals surface area contributed by atoms with Crippen LogP contribution in [0.2, 0.25) is 0 Å². The van der Waals surface area contributed by atoms with Gasteiger partial charge in [0, 0.05) is 26.8 Å². The quantitative estimate of drug-likeness (QED) is 0.646. The Labute approximate surface area is 105 Å². The van der Waals surface area contributed by atoms with Gasteiger partial charge in [-0.25, -0.2) is 0 Å². The second-order valence-electron chi connectivity index (χ2n) is 5.02. The van der Waals surface area contributed by atoms with Crippen molar-refractivity contribution in [3.8, 4) is 0 Å². The summed E-state index contributed by atoms with van der Waals surface area (Å²) in [6.07, 6.45) is 2.39. The highest BCUT2D eigenvalue weighted by atomic mass is 16.5. The van der Waals surface area contributed by atoms with Crippen LogP contribution < -0.4 is 5.73 Å². The SMILES string of the molecule is COCCOCCCN1CCC(C)C(CN)C1. The van der Waals surface area contributed by atoms with Crippen LogP contribution in [-0.4, -0.2) is 58.0 Å². The van der Waals surface area contributed by atoms with E-state index in [1.165, 1.54) is 13.0 Å². The number of ether oxygens (including phenoxy) is 2. The number of nitrogens with zero attached hydrogens (tertiary/aromatic N) is 1. The van der Waals surface area contributed by atoms with Crippen molar-refractivity contribution in [1.29, 1.82) is 0 Å². The third-order valence-corrected chi connectivity index (χ3v) is 3.70. The molecule has 0 spiro atoms. The maximum atomic E-state index is 5.80. The highest BCUT2D eigenvalue weighted by molar-refractivity contribution is 4.78. The zero-order chi connectivity index (χ0) is 12.5. The molecule has 0 aromatic heterocycles. The summed E-state index contributed by atoms with van der Waals surface area (Å²) in [5, 5.41) is 0. The number of hydrogen-bond acceptors (Lipinski definition) is 4. The van der Waals surface area contributed by atoms with Crippen molar-refractivity contribution in [3.05, 3.63) is 0 Å². The van der Waals surface area contributed by atoms with E-state index in [1.54, 1.807) is 7.11 Å². The van der Waals surface area contributed by atoms with Gasteiger partial charge in [-0.15, -0.1) is 0 Å². The highest BCUT2D eigenvalue weighted by Gasteiger charge is 2.24. The van der Waals surface area contributed by atoms with E-state index in [-0.39, 0.29) is 0 Å². The largest absolute Gasteiger partial charge is 0.382 e. The molecule has 4 heteroatoms. The Morgan fingerprint density at radius 3 is 2.82 bits per heavy atom. The first-order valence-corrected chi connectivity index (χ1v) is 6.77. The predicted octanol–water partition coefficient (Wildman–Crippen LogP) is 0.956. The van der Waals surface area contributed by atoms with Crippen molar-refractivity contribution >= 4 is 0 Å². The molecule has 0 aromatic rings. The molecule has 1 rings (SSSR count). The van der Waals surface area contributed by atoms with Crippen LogP contribution in [0.5, 0.6) is 0 Å². The molecular formula is C13H28N2O2. The monoisotopic (exact) mass is 244 g/mol. The molecule has 17 heavy (non-hydrogen) atoms. The van der Waals surface area contributed by atoms with Gasteiger partial charge in [-0.3, -0.25) is 0 Å². The zero-order valence-corrected chi connectivity index (χ0v) is 11.4. The molecule has 1 saturated heterocycles. The maximum Gasteiger partial charge on any atom is 0.0700 e. The van der Waals surface area contributed by atoms with Gasteiger partial charge in [0.05, 0.1) is 13.2 Å². The van der Waals surface area contributed by atoms with Gasteiger partial charge in [0.1, 0.15) is 0 Å². The number of nitrogens with two attached hydrogens (primary N) is 1. The topological polar surface area (TPSA) is 47.7 Å². The van der Waals surface area contributed by atoms with E-state index in [0.717, 1.165) is 38.6 Å². The number of methoxy groups -OCH3 is 1. The van der Waals surface area contributed by atoms with Crippen molar-refractivity contribution in [2.24, 2.45) is 17.6 Å². The second kappa shape index (κ2) is 8.86. The summed E-state index contributed by atoms with van der Waals surface area (Å²) in [7, 11) is 1.70. The van der Waals surface area contributed by atoms with Crippen LogP contribution in [0.1, 0.15) is 19.8 Å². The fraction of sp³-hybridized carbons (Fsp3) is 1.00. The normalized spacial score (nSPS) is 26.3. The molecule has 0 radical (unpaired) electrons. The Bertz CT molecular complexity index is 190. The maximum absolute atomic E-state index is 5.80. The molecule has 1 fully saturated rings. The summed E-state index contributed by atoms with van der Waals surface area (Å²) >= 11 is 0. The van der Waals surface area contributed by atoms with E-state index in [1.807, 2.05) is 0 Å². The van der Waals surface area contributed by atoms with E-state index in [9.17, 15) is 0 Å². The Morgan fingerprint density at radius 2 is 2.12 bits per heavy atom. The molecule has 0 saturated carbocycles. The van der Waals surface area contributed by atoms with Crippen molar-refractivity contribution in [2.75, 3.05) is 53.1 Å². The smallest absolute Gasteiger partial charge is 0.0700 e. The summed E-state index contributed by atoms with van der Waals surface area (Å²) in [5.74, 6) is 1.47. The van der Waals surface area contributed by atoms with Crippen LogP contribution in [0, 0.1) is 11.8 Å². The molecule has 2 atom stereocenters. The van der Waals surface area contributed by atoms with Crippen LogP contribution in [0.15, 0.2) is 0 Å². The fourth-order valence-electron chi connectivity index (χ4n) is 2.37. The lowest BCUT2D eigenvalue weighted by molar-refractivity contribution is 0.0598. The minimum atomic E-state index is 0.679. The minimum Gasteiger partial charge on any atom is -0.382 e. The first kappa shape index (κ1) is 14.9. The number of likely N-dealkylation sites (tertiary alicyclic amines) is 1. The Hall–Kier alpha value is -0.160. The van der Waals surface area contributed by atoms with Gasteiger partial charge < -0.3 is 20.1 Å². The average molecular weight is 244 g/mol. The summed E-state index contributed by atoms with van der Waals surface area (Å²) in [6, 6.07) is 0. The minimum absolute atomic E-state index is 0.679.